The first-order valence-electron chi connectivity index (χ1n) is 8.23. The van der Waals surface area contributed by atoms with Crippen molar-refractivity contribution < 1.29 is 0 Å². The van der Waals surface area contributed by atoms with Crippen LogP contribution in [0.25, 0.3) is 16.7 Å². The van der Waals surface area contributed by atoms with Crippen molar-refractivity contribution in [1.82, 2.24) is 19.7 Å². The maximum Gasteiger partial charge on any atom is 0.168 e. The standard InChI is InChI=1S/C18H21N5/c1-13-3-5-15(6-4-13)23-18-16(11-21-23)17(19-12-20-18)22-9-7-14(2)8-10-22/h3-6,11-12,14H,7-10H2,1-2H3. The van der Waals surface area contributed by atoms with E-state index in [0.717, 1.165) is 41.5 Å². The van der Waals surface area contributed by atoms with Gasteiger partial charge in [-0.3, -0.25) is 0 Å². The van der Waals surface area contributed by atoms with E-state index in [4.69, 9.17) is 0 Å². The molecule has 0 N–H and O–H groups in total. The molecule has 5 heteroatoms. The third kappa shape index (κ3) is 2.56. The molecule has 0 atom stereocenters. The summed E-state index contributed by atoms with van der Waals surface area (Å²) in [5.74, 6) is 1.82. The number of aryl methyl sites for hydroxylation is 1. The van der Waals surface area contributed by atoms with Gasteiger partial charge in [-0.05, 0) is 37.8 Å². The Hall–Kier alpha value is -2.43. The minimum absolute atomic E-state index is 0.804. The molecule has 0 bridgehead atoms. The van der Waals surface area contributed by atoms with Crippen molar-refractivity contribution >= 4 is 16.9 Å². The third-order valence-electron chi connectivity index (χ3n) is 4.71. The molecule has 1 fully saturated rings. The van der Waals surface area contributed by atoms with Crippen LogP contribution in [0.2, 0.25) is 0 Å². The lowest BCUT2D eigenvalue weighted by atomic mass is 9.99. The van der Waals surface area contributed by atoms with Crippen molar-refractivity contribution in [3.05, 3.63) is 42.4 Å². The van der Waals surface area contributed by atoms with Gasteiger partial charge in [-0.25, -0.2) is 14.6 Å². The highest BCUT2D eigenvalue weighted by molar-refractivity contribution is 5.87. The second-order valence-corrected chi connectivity index (χ2v) is 6.50. The van der Waals surface area contributed by atoms with E-state index in [-0.39, 0.29) is 0 Å². The molecule has 5 nitrogen and oxygen atoms in total. The number of anilines is 1. The van der Waals surface area contributed by atoms with Gasteiger partial charge in [0.25, 0.3) is 0 Å². The van der Waals surface area contributed by atoms with Crippen LogP contribution in [0.1, 0.15) is 25.3 Å². The molecular formula is C18H21N5. The van der Waals surface area contributed by atoms with Gasteiger partial charge >= 0.3 is 0 Å². The highest BCUT2D eigenvalue weighted by atomic mass is 15.3. The van der Waals surface area contributed by atoms with E-state index in [0.29, 0.717) is 0 Å². The summed E-state index contributed by atoms with van der Waals surface area (Å²) in [6.07, 6.45) is 5.99. The van der Waals surface area contributed by atoms with Crippen LogP contribution in [-0.4, -0.2) is 32.8 Å². The van der Waals surface area contributed by atoms with Gasteiger partial charge in [0.15, 0.2) is 5.65 Å². The Balaban J connectivity index is 1.76. The van der Waals surface area contributed by atoms with Crippen molar-refractivity contribution in [3.63, 3.8) is 0 Å². The van der Waals surface area contributed by atoms with Gasteiger partial charge < -0.3 is 4.90 Å². The van der Waals surface area contributed by atoms with E-state index in [1.807, 2.05) is 10.9 Å². The summed E-state index contributed by atoms with van der Waals surface area (Å²) in [4.78, 5) is 11.4. The molecule has 118 valence electrons. The van der Waals surface area contributed by atoms with Gasteiger partial charge in [0, 0.05) is 13.1 Å². The Morgan fingerprint density at radius 3 is 2.52 bits per heavy atom. The fourth-order valence-electron chi connectivity index (χ4n) is 3.18. The molecule has 1 aliphatic heterocycles. The predicted octanol–water partition coefficient (Wildman–Crippen LogP) is 3.36. The lowest BCUT2D eigenvalue weighted by molar-refractivity contribution is 0.437. The molecule has 0 radical (unpaired) electrons. The Bertz CT molecular complexity index is 813. The second kappa shape index (κ2) is 5.65. The largest absolute Gasteiger partial charge is 0.356 e. The maximum absolute atomic E-state index is 4.55. The van der Waals surface area contributed by atoms with Crippen LogP contribution in [0.5, 0.6) is 0 Å². The van der Waals surface area contributed by atoms with Crippen molar-refractivity contribution in [2.75, 3.05) is 18.0 Å². The van der Waals surface area contributed by atoms with Gasteiger partial charge in [0.05, 0.1) is 17.3 Å². The van der Waals surface area contributed by atoms with Crippen LogP contribution in [0.4, 0.5) is 5.82 Å². The molecule has 1 saturated heterocycles. The molecule has 0 unspecified atom stereocenters. The number of benzene rings is 1. The quantitative estimate of drug-likeness (QED) is 0.728. The fraction of sp³-hybridized carbons (Fsp3) is 0.389. The molecular weight excluding hydrogens is 286 g/mol. The first kappa shape index (κ1) is 14.2. The van der Waals surface area contributed by atoms with Crippen LogP contribution in [0.15, 0.2) is 36.8 Å². The maximum atomic E-state index is 4.55. The molecule has 0 spiro atoms. The summed E-state index contributed by atoms with van der Waals surface area (Å²) >= 11 is 0. The highest BCUT2D eigenvalue weighted by Gasteiger charge is 2.20. The van der Waals surface area contributed by atoms with Gasteiger partial charge in [-0.1, -0.05) is 24.6 Å². The van der Waals surface area contributed by atoms with E-state index in [2.05, 4.69) is 58.1 Å². The minimum atomic E-state index is 0.804. The number of piperidine rings is 1. The van der Waals surface area contributed by atoms with Crippen LogP contribution in [0, 0.1) is 12.8 Å². The van der Waals surface area contributed by atoms with Gasteiger partial charge in [-0.2, -0.15) is 5.10 Å². The van der Waals surface area contributed by atoms with Crippen molar-refractivity contribution in [3.8, 4) is 5.69 Å². The highest BCUT2D eigenvalue weighted by Crippen LogP contribution is 2.28. The zero-order chi connectivity index (χ0) is 15.8. The van der Waals surface area contributed by atoms with Crippen LogP contribution >= 0.6 is 0 Å². The lowest BCUT2D eigenvalue weighted by Gasteiger charge is -2.31. The summed E-state index contributed by atoms with van der Waals surface area (Å²) in [5.41, 5.74) is 3.14. The Morgan fingerprint density at radius 1 is 1.04 bits per heavy atom. The summed E-state index contributed by atoms with van der Waals surface area (Å²) in [7, 11) is 0. The normalized spacial score (nSPS) is 16.2. The molecule has 0 aliphatic carbocycles. The van der Waals surface area contributed by atoms with Crippen LogP contribution in [0.3, 0.4) is 0 Å². The zero-order valence-corrected chi connectivity index (χ0v) is 13.6. The van der Waals surface area contributed by atoms with Crippen molar-refractivity contribution in [2.24, 2.45) is 5.92 Å². The number of nitrogens with zero attached hydrogens (tertiary/aromatic N) is 5. The van der Waals surface area contributed by atoms with E-state index in [9.17, 15) is 0 Å². The molecule has 1 aliphatic rings. The molecule has 0 saturated carbocycles. The number of hydrogen-bond donors (Lipinski definition) is 0. The molecule has 1 aromatic carbocycles. The predicted molar refractivity (Wildman–Crippen MR) is 92.0 cm³/mol. The second-order valence-electron chi connectivity index (χ2n) is 6.50. The first-order valence-corrected chi connectivity index (χ1v) is 8.23. The summed E-state index contributed by atoms with van der Waals surface area (Å²) in [5, 5.41) is 5.58. The number of fused-ring (bicyclic) bond motifs is 1. The van der Waals surface area contributed by atoms with E-state index in [1.54, 1.807) is 6.33 Å². The zero-order valence-electron chi connectivity index (χ0n) is 13.6. The number of aromatic nitrogens is 4. The van der Waals surface area contributed by atoms with Crippen LogP contribution < -0.4 is 4.90 Å². The molecule has 0 amide bonds. The van der Waals surface area contributed by atoms with Crippen LogP contribution in [-0.2, 0) is 0 Å². The van der Waals surface area contributed by atoms with E-state index in [1.165, 1.54) is 18.4 Å². The summed E-state index contributed by atoms with van der Waals surface area (Å²) in [6.45, 7) is 6.52. The van der Waals surface area contributed by atoms with Crippen molar-refractivity contribution in [1.29, 1.82) is 0 Å². The number of rotatable bonds is 2. The molecule has 2 aromatic heterocycles. The number of hydrogen-bond acceptors (Lipinski definition) is 4. The monoisotopic (exact) mass is 307 g/mol. The van der Waals surface area contributed by atoms with Gasteiger partial charge in [0.1, 0.15) is 12.1 Å². The summed E-state index contributed by atoms with van der Waals surface area (Å²) in [6, 6.07) is 8.34. The smallest absolute Gasteiger partial charge is 0.168 e. The Kier molecular flexibility index (Phi) is 3.48. The minimum Gasteiger partial charge on any atom is -0.356 e. The van der Waals surface area contributed by atoms with Gasteiger partial charge in [-0.15, -0.1) is 0 Å². The molecule has 3 aromatic rings. The third-order valence-corrected chi connectivity index (χ3v) is 4.71. The summed E-state index contributed by atoms with van der Waals surface area (Å²) < 4.78 is 1.90. The lowest BCUT2D eigenvalue weighted by Crippen LogP contribution is -2.33. The van der Waals surface area contributed by atoms with Crippen molar-refractivity contribution in [2.45, 2.75) is 26.7 Å². The topological polar surface area (TPSA) is 46.8 Å². The van der Waals surface area contributed by atoms with E-state index < -0.39 is 0 Å². The first-order chi connectivity index (χ1) is 11.2. The molecule has 23 heavy (non-hydrogen) atoms. The fourth-order valence-corrected chi connectivity index (χ4v) is 3.18. The average molecular weight is 307 g/mol. The average Bonchev–Trinajstić information content (AvgIpc) is 3.00. The molecule has 3 heterocycles. The van der Waals surface area contributed by atoms with Gasteiger partial charge in [0.2, 0.25) is 0 Å². The SMILES string of the molecule is Cc1ccc(-n2ncc3c(N4CCC(C)CC4)ncnc32)cc1. The Morgan fingerprint density at radius 2 is 1.78 bits per heavy atom. The van der Waals surface area contributed by atoms with E-state index >= 15 is 0 Å². The molecule has 4 rings (SSSR count). The Labute approximate surface area is 136 Å².